The first-order valence-corrected chi connectivity index (χ1v) is 34.3. The van der Waals surface area contributed by atoms with E-state index in [4.69, 9.17) is 32.1 Å². The van der Waals surface area contributed by atoms with Crippen molar-refractivity contribution in [2.45, 2.75) is 233 Å². The Balaban J connectivity index is 0.00000121. The first-order chi connectivity index (χ1) is 37.2. The first kappa shape index (κ1) is 74.1. The lowest BCUT2D eigenvalue weighted by molar-refractivity contribution is -0.146. The van der Waals surface area contributed by atoms with Gasteiger partial charge in [-0.2, -0.15) is 4.39 Å². The Labute approximate surface area is 464 Å². The summed E-state index contributed by atoms with van der Waals surface area (Å²) in [5.74, 6) is -0.187. The Morgan fingerprint density at radius 2 is 0.779 bits per heavy atom. The van der Waals surface area contributed by atoms with Gasteiger partial charge in [0.2, 0.25) is 12.9 Å². The van der Waals surface area contributed by atoms with E-state index in [1.807, 2.05) is 60.7 Å². The van der Waals surface area contributed by atoms with Crippen molar-refractivity contribution in [3.8, 4) is 0 Å². The number of halogens is 2. The summed E-state index contributed by atoms with van der Waals surface area (Å²) in [6, 6.07) is 19.6. The Morgan fingerprint density at radius 3 is 1.10 bits per heavy atom. The minimum Gasteiger partial charge on any atom is -0.461 e. The summed E-state index contributed by atoms with van der Waals surface area (Å²) in [5.41, 5.74) is -0.928. The van der Waals surface area contributed by atoms with Crippen LogP contribution in [0.5, 0.6) is 0 Å². The molecule has 18 heteroatoms. The highest BCUT2D eigenvalue weighted by atomic mass is 31.2. The molecule has 0 saturated carbocycles. The molecule has 2 aromatic carbocycles. The molecule has 0 aliphatic heterocycles. The second kappa shape index (κ2) is 50.1. The Hall–Kier alpha value is -2.86. The lowest BCUT2D eigenvalue weighted by atomic mass is 10.0. The molecule has 0 spiro atoms. The molecule has 0 N–H and O–H groups in total. The number of benzene rings is 2. The number of alkyl halides is 1. The van der Waals surface area contributed by atoms with Gasteiger partial charge in [-0.3, -0.25) is 23.3 Å². The maximum absolute atomic E-state index is 14.1. The maximum atomic E-state index is 14.1. The van der Waals surface area contributed by atoms with Crippen molar-refractivity contribution in [3.05, 3.63) is 83.4 Å². The van der Waals surface area contributed by atoms with E-state index in [-0.39, 0.29) is 45.0 Å². The van der Waals surface area contributed by atoms with Crippen molar-refractivity contribution in [1.29, 1.82) is 0 Å². The van der Waals surface area contributed by atoms with Gasteiger partial charge < -0.3 is 36.9 Å². The summed E-state index contributed by atoms with van der Waals surface area (Å²) in [6.45, 7) is 10.3. The first-order valence-electron chi connectivity index (χ1n) is 29.0. The highest BCUT2D eigenvalue weighted by Gasteiger charge is 2.47. The fraction of sp³-hybridized carbons (Fsp3) is 0.712. The number of hydrogen-bond acceptors (Lipinski definition) is 13. The van der Waals surface area contributed by atoms with Gasteiger partial charge in [-0.1, -0.05) is 189 Å². The van der Waals surface area contributed by atoms with E-state index in [2.05, 4.69) is 0 Å². The van der Waals surface area contributed by atoms with Gasteiger partial charge in [-0.15, -0.1) is 0 Å². The Bertz CT molecular complexity index is 1890. The molecule has 77 heavy (non-hydrogen) atoms. The van der Waals surface area contributed by atoms with Gasteiger partial charge in [0.1, 0.15) is 19.5 Å². The van der Waals surface area contributed by atoms with Crippen LogP contribution in [0.1, 0.15) is 226 Å². The molecule has 13 nitrogen and oxygen atoms in total. The predicted molar refractivity (Wildman–Crippen MR) is 309 cm³/mol. The van der Waals surface area contributed by atoms with Crippen LogP contribution in [-0.2, 0) is 73.4 Å². The smallest absolute Gasteiger partial charge is 0.389 e. The van der Waals surface area contributed by atoms with Gasteiger partial charge in [0, 0.05) is 25.9 Å². The molecule has 2 aromatic rings. The zero-order chi connectivity index (χ0) is 57.1. The topological polar surface area (TPSA) is 167 Å². The number of carbonyl (C=O) groups excluding carboxylic acids is 3. The molecule has 0 amide bonds. The number of ether oxygens (including phenoxy) is 2. The van der Waals surface area contributed by atoms with Crippen LogP contribution < -0.4 is 0 Å². The van der Waals surface area contributed by atoms with Crippen LogP contribution >= 0.6 is 22.6 Å². The largest absolute Gasteiger partial charge is 0.461 e. The highest BCUT2D eigenvalue weighted by Crippen LogP contribution is 2.68. The van der Waals surface area contributed by atoms with Gasteiger partial charge >= 0.3 is 27.1 Å². The normalized spacial score (nSPS) is 12.9. The average molecular weight is 1150 g/mol. The molecule has 444 valence electrons. The third-order valence-corrected chi connectivity index (χ3v) is 19.4. The zero-order valence-electron chi connectivity index (χ0n) is 48.2. The lowest BCUT2D eigenvalue weighted by Crippen LogP contribution is -2.10. The minimum absolute atomic E-state index is 0.0177. The van der Waals surface area contributed by atoms with Crippen LogP contribution in [-0.4, -0.2) is 63.6 Å². The molecule has 2 atom stereocenters. The van der Waals surface area contributed by atoms with Crippen LogP contribution in [0.2, 0.25) is 0 Å². The van der Waals surface area contributed by atoms with Crippen LogP contribution in [0.25, 0.3) is 0 Å². The number of hydrogen-bond donors (Lipinski definition) is 0. The van der Waals surface area contributed by atoms with Crippen molar-refractivity contribution in [2.24, 2.45) is 0 Å². The van der Waals surface area contributed by atoms with Crippen LogP contribution in [0.3, 0.4) is 0 Å². The molecule has 0 aliphatic rings. The number of allylic oxidation sites excluding steroid dienone is 1. The fourth-order valence-electron chi connectivity index (χ4n) is 8.00. The number of esters is 2. The lowest BCUT2D eigenvalue weighted by Gasteiger charge is -2.24. The van der Waals surface area contributed by atoms with Gasteiger partial charge in [-0.05, 0) is 83.9 Å². The van der Waals surface area contributed by atoms with Crippen molar-refractivity contribution < 1.29 is 69.0 Å². The van der Waals surface area contributed by atoms with E-state index < -0.39 is 33.8 Å². The van der Waals surface area contributed by atoms with Crippen molar-refractivity contribution in [1.82, 2.24) is 0 Å². The van der Waals surface area contributed by atoms with E-state index in [0.29, 0.717) is 32.5 Å². The number of rotatable bonds is 47. The third-order valence-electron chi connectivity index (χ3n) is 12.1. The molecular weight excluding hydrogens is 1050 g/mol. The Morgan fingerprint density at radius 1 is 0.468 bits per heavy atom. The third kappa shape index (κ3) is 40.9. The minimum atomic E-state index is -4.02. The quantitative estimate of drug-likeness (QED) is 0.0266. The molecule has 2 rings (SSSR count). The predicted octanol–water partition coefficient (Wildman–Crippen LogP) is 19.1. The zero-order valence-corrected chi connectivity index (χ0v) is 50.8. The number of carbonyl (C=O) groups is 3. The van der Waals surface area contributed by atoms with Gasteiger partial charge in [-0.25, -0.2) is 4.39 Å². The van der Waals surface area contributed by atoms with Crippen molar-refractivity contribution in [3.63, 3.8) is 0 Å². The van der Waals surface area contributed by atoms with E-state index in [1.54, 1.807) is 34.6 Å². The summed E-state index contributed by atoms with van der Waals surface area (Å²) in [6.07, 6.45) is 33.1. The second-order valence-electron chi connectivity index (χ2n) is 18.9. The summed E-state index contributed by atoms with van der Waals surface area (Å²) in [4.78, 5) is 33.7. The molecular formula is C59H101F2O13P3. The average Bonchev–Trinajstić information content (AvgIpc) is 3.41. The summed E-state index contributed by atoms with van der Waals surface area (Å²) < 4.78 is 98.9. The maximum Gasteiger partial charge on any atom is 0.389 e. The van der Waals surface area contributed by atoms with Crippen LogP contribution in [0.4, 0.5) is 8.78 Å². The fourth-order valence-corrected chi connectivity index (χ4v) is 13.7. The van der Waals surface area contributed by atoms with Crippen molar-refractivity contribution >= 4 is 40.8 Å². The number of unbranched alkanes of at least 4 members (excludes halogenated alkanes) is 24. The van der Waals surface area contributed by atoms with Crippen molar-refractivity contribution in [2.75, 3.05) is 39.7 Å². The van der Waals surface area contributed by atoms with Crippen LogP contribution in [0.15, 0.2) is 72.3 Å². The number of aldehydes is 1. The monoisotopic (exact) mass is 1150 g/mol. The summed E-state index contributed by atoms with van der Waals surface area (Å²) in [5, 5.41) is 0. The SMILES string of the molecule is CCOP(=O)(OCC)/C(F)=C/CCCCCCCCCCCCCCC(=O)OCc1ccccc1.CCOP(C)(=O)C(F)P(=O)(OCC)OCC.O=CCCCCCCCCCCCCCCC(=O)OCc1ccccc1. The van der Waals surface area contributed by atoms with E-state index >= 15 is 0 Å². The van der Waals surface area contributed by atoms with E-state index in [1.165, 1.54) is 109 Å². The second-order valence-corrected chi connectivity index (χ2v) is 25.8. The van der Waals surface area contributed by atoms with Gasteiger partial charge in [0.25, 0.3) is 5.65 Å². The van der Waals surface area contributed by atoms with Gasteiger partial charge in [0.05, 0.1) is 33.0 Å². The summed E-state index contributed by atoms with van der Waals surface area (Å²) >= 11 is 0. The van der Waals surface area contributed by atoms with E-state index in [0.717, 1.165) is 81.9 Å². The highest BCUT2D eigenvalue weighted by molar-refractivity contribution is 7.74. The molecule has 0 heterocycles. The molecule has 0 fully saturated rings. The molecule has 0 radical (unpaired) electrons. The standard InChI is InChI=1S/C28H46FO5P.C23H36O3.C8H19FO5P2/c1-3-33-35(31,34-4-2)27(29)23-19-14-12-10-8-6-5-7-9-11-13-15-20-24-28(30)32-25-26-21-17-16-18-22-26;24-20-16-11-9-7-5-3-1-2-4-6-8-10-15-19-23(25)26-21-22-17-13-12-14-18-22;1-5-12-15(4,10)8(9)16(11,13-6-2)14-7-3/h16-18,21-23H,3-15,19-20,24-25H2,1-2H3;12-14,17-18,20H,1-11,15-16,19,21H2;8H,5-7H2,1-4H3/b27-23+;;. The van der Waals surface area contributed by atoms with Gasteiger partial charge in [0.15, 0.2) is 0 Å². The molecule has 0 aliphatic carbocycles. The molecule has 0 bridgehead atoms. The Kier molecular flexibility index (Phi) is 48.3. The molecule has 0 saturated heterocycles. The molecule has 2 unspecified atom stereocenters. The molecule has 0 aromatic heterocycles. The van der Waals surface area contributed by atoms with E-state index in [9.17, 15) is 36.9 Å². The van der Waals surface area contributed by atoms with Crippen LogP contribution in [0, 0.1) is 0 Å². The summed E-state index contributed by atoms with van der Waals surface area (Å²) in [7, 11) is -11.4.